The Morgan fingerprint density at radius 1 is 1.64 bits per heavy atom. The predicted molar refractivity (Wildman–Crippen MR) is 48.2 cm³/mol. The van der Waals surface area contributed by atoms with Crippen LogP contribution < -0.4 is 5.32 Å². The van der Waals surface area contributed by atoms with E-state index < -0.39 is 33.0 Å². The van der Waals surface area contributed by atoms with Gasteiger partial charge in [-0.15, -0.1) is 0 Å². The molecule has 0 unspecified atom stereocenters. The molecule has 0 aromatic carbocycles. The zero-order valence-electron chi connectivity index (χ0n) is 7.76. The van der Waals surface area contributed by atoms with Crippen molar-refractivity contribution in [1.82, 2.24) is 5.32 Å². The molecular formula is C7H13NO5S. The number of esters is 1. The maximum absolute atomic E-state index is 11.2. The molecule has 2 N–H and O–H groups in total. The SMILES string of the molecule is COC(=O)[C@@H]1C[C@@H](S(=O)(=O)CO)CN1. The molecule has 0 aliphatic carbocycles. The van der Waals surface area contributed by atoms with Crippen LogP contribution in [0.15, 0.2) is 0 Å². The van der Waals surface area contributed by atoms with E-state index in [-0.39, 0.29) is 13.0 Å². The van der Waals surface area contributed by atoms with Crippen molar-refractivity contribution in [3.63, 3.8) is 0 Å². The van der Waals surface area contributed by atoms with Crippen molar-refractivity contribution in [2.24, 2.45) is 0 Å². The topological polar surface area (TPSA) is 92.7 Å². The lowest BCUT2D eigenvalue weighted by atomic mass is 10.2. The average molecular weight is 223 g/mol. The number of hydrogen-bond donors (Lipinski definition) is 2. The number of nitrogens with one attached hydrogen (secondary N) is 1. The average Bonchev–Trinajstić information content (AvgIpc) is 2.66. The molecule has 7 heteroatoms. The highest BCUT2D eigenvalue weighted by molar-refractivity contribution is 7.91. The number of rotatable bonds is 3. The monoisotopic (exact) mass is 223 g/mol. The minimum absolute atomic E-state index is 0.162. The van der Waals surface area contributed by atoms with Crippen molar-refractivity contribution in [3.8, 4) is 0 Å². The predicted octanol–water partition coefficient (Wildman–Crippen LogP) is -1.75. The van der Waals surface area contributed by atoms with Gasteiger partial charge >= 0.3 is 5.97 Å². The Hall–Kier alpha value is -0.660. The van der Waals surface area contributed by atoms with Crippen LogP contribution >= 0.6 is 0 Å². The summed E-state index contributed by atoms with van der Waals surface area (Å²) >= 11 is 0. The minimum Gasteiger partial charge on any atom is -0.468 e. The quantitative estimate of drug-likeness (QED) is 0.551. The van der Waals surface area contributed by atoms with Crippen molar-refractivity contribution in [2.75, 3.05) is 19.6 Å². The number of sulfone groups is 1. The smallest absolute Gasteiger partial charge is 0.322 e. The zero-order valence-corrected chi connectivity index (χ0v) is 8.58. The summed E-state index contributed by atoms with van der Waals surface area (Å²) in [5.74, 6) is -1.35. The number of aliphatic hydroxyl groups is 1. The van der Waals surface area contributed by atoms with E-state index in [4.69, 9.17) is 5.11 Å². The molecule has 1 saturated heterocycles. The first-order chi connectivity index (χ1) is 6.51. The van der Waals surface area contributed by atoms with Crippen LogP contribution in [0.25, 0.3) is 0 Å². The van der Waals surface area contributed by atoms with Gasteiger partial charge in [0.25, 0.3) is 0 Å². The molecule has 0 radical (unpaired) electrons. The molecule has 0 aromatic rings. The van der Waals surface area contributed by atoms with Crippen LogP contribution in [0.2, 0.25) is 0 Å². The van der Waals surface area contributed by atoms with E-state index in [0.29, 0.717) is 0 Å². The highest BCUT2D eigenvalue weighted by atomic mass is 32.2. The number of methoxy groups -OCH3 is 1. The first-order valence-corrected chi connectivity index (χ1v) is 5.86. The van der Waals surface area contributed by atoms with Crippen molar-refractivity contribution in [3.05, 3.63) is 0 Å². The van der Waals surface area contributed by atoms with E-state index in [2.05, 4.69) is 10.1 Å². The molecule has 1 aliphatic heterocycles. The summed E-state index contributed by atoms with van der Waals surface area (Å²) in [6.45, 7) is 0.183. The highest BCUT2D eigenvalue weighted by Crippen LogP contribution is 2.15. The van der Waals surface area contributed by atoms with Gasteiger partial charge in [-0.3, -0.25) is 4.79 Å². The molecule has 1 fully saturated rings. The Bertz CT molecular complexity index is 312. The molecule has 0 aromatic heterocycles. The molecule has 2 atom stereocenters. The molecule has 0 saturated carbocycles. The third-order valence-corrected chi connectivity index (χ3v) is 4.00. The number of hydrogen-bond acceptors (Lipinski definition) is 6. The summed E-state index contributed by atoms with van der Waals surface area (Å²) in [5, 5.41) is 10.6. The first kappa shape index (κ1) is 11.4. The van der Waals surface area contributed by atoms with Crippen LogP contribution in [0.3, 0.4) is 0 Å². The summed E-state index contributed by atoms with van der Waals surface area (Å²) in [6, 6.07) is -0.577. The van der Waals surface area contributed by atoms with Crippen LogP contribution in [-0.2, 0) is 19.4 Å². The van der Waals surface area contributed by atoms with Gasteiger partial charge in [0, 0.05) is 6.54 Å². The van der Waals surface area contributed by atoms with Crippen LogP contribution in [0.5, 0.6) is 0 Å². The number of carbonyl (C=O) groups is 1. The van der Waals surface area contributed by atoms with Crippen molar-refractivity contribution in [2.45, 2.75) is 17.7 Å². The Morgan fingerprint density at radius 2 is 2.29 bits per heavy atom. The molecule has 1 aliphatic rings. The molecule has 0 bridgehead atoms. The molecule has 82 valence electrons. The fourth-order valence-corrected chi connectivity index (χ4v) is 2.45. The lowest BCUT2D eigenvalue weighted by Crippen LogP contribution is -2.31. The van der Waals surface area contributed by atoms with Gasteiger partial charge in [0.2, 0.25) is 0 Å². The summed E-state index contributed by atoms with van der Waals surface area (Å²) in [6.07, 6.45) is 0.162. The molecule has 1 rings (SSSR count). The summed E-state index contributed by atoms with van der Waals surface area (Å²) < 4.78 is 26.9. The second-order valence-corrected chi connectivity index (χ2v) is 5.38. The molecule has 1 heterocycles. The van der Waals surface area contributed by atoms with Gasteiger partial charge in [0.15, 0.2) is 9.84 Å². The minimum atomic E-state index is -3.49. The number of carbonyl (C=O) groups excluding carboxylic acids is 1. The lowest BCUT2D eigenvalue weighted by molar-refractivity contribution is -0.142. The highest BCUT2D eigenvalue weighted by Gasteiger charge is 2.37. The summed E-state index contributed by atoms with van der Waals surface area (Å²) in [5.41, 5.74) is 0. The van der Waals surface area contributed by atoms with Gasteiger partial charge in [0.1, 0.15) is 12.0 Å². The Kier molecular flexibility index (Phi) is 3.46. The van der Waals surface area contributed by atoms with Gasteiger partial charge < -0.3 is 15.2 Å². The second kappa shape index (κ2) is 4.24. The summed E-state index contributed by atoms with van der Waals surface area (Å²) in [4.78, 5) is 11.0. The third-order valence-electron chi connectivity index (χ3n) is 2.26. The van der Waals surface area contributed by atoms with E-state index in [9.17, 15) is 13.2 Å². The van der Waals surface area contributed by atoms with Crippen LogP contribution in [0.1, 0.15) is 6.42 Å². The van der Waals surface area contributed by atoms with Gasteiger partial charge in [0.05, 0.1) is 12.4 Å². The normalized spacial score (nSPS) is 27.6. The first-order valence-electron chi connectivity index (χ1n) is 4.15. The van der Waals surface area contributed by atoms with Crippen molar-refractivity contribution >= 4 is 15.8 Å². The Morgan fingerprint density at radius 3 is 2.79 bits per heavy atom. The van der Waals surface area contributed by atoms with Gasteiger partial charge in [-0.1, -0.05) is 0 Å². The number of aliphatic hydroxyl groups excluding tert-OH is 1. The molecular weight excluding hydrogens is 210 g/mol. The molecule has 14 heavy (non-hydrogen) atoms. The standard InChI is InChI=1S/C7H13NO5S/c1-13-7(10)6-2-5(3-8-6)14(11,12)4-9/h5-6,8-9H,2-4H2,1H3/t5-,6+/m1/s1. The Balaban J connectivity index is 2.62. The van der Waals surface area contributed by atoms with E-state index in [1.54, 1.807) is 0 Å². The van der Waals surface area contributed by atoms with Crippen molar-refractivity contribution < 1.29 is 23.1 Å². The van der Waals surface area contributed by atoms with Gasteiger partial charge in [-0.25, -0.2) is 8.42 Å². The van der Waals surface area contributed by atoms with Crippen molar-refractivity contribution in [1.29, 1.82) is 0 Å². The second-order valence-electron chi connectivity index (χ2n) is 3.13. The maximum atomic E-state index is 11.2. The molecule has 6 nitrogen and oxygen atoms in total. The largest absolute Gasteiger partial charge is 0.468 e. The fourth-order valence-electron chi connectivity index (χ4n) is 1.40. The molecule has 0 spiro atoms. The number of ether oxygens (including phenoxy) is 1. The summed E-state index contributed by atoms with van der Waals surface area (Å²) in [7, 11) is -2.24. The van der Waals surface area contributed by atoms with E-state index in [1.165, 1.54) is 7.11 Å². The lowest BCUT2D eigenvalue weighted by Gasteiger charge is -2.07. The van der Waals surface area contributed by atoms with Gasteiger partial charge in [-0.2, -0.15) is 0 Å². The van der Waals surface area contributed by atoms with E-state index in [0.717, 1.165) is 0 Å². The Labute approximate surface area is 82.2 Å². The maximum Gasteiger partial charge on any atom is 0.322 e. The zero-order chi connectivity index (χ0) is 10.8. The van der Waals surface area contributed by atoms with Crippen LogP contribution in [0.4, 0.5) is 0 Å². The third kappa shape index (κ3) is 2.23. The van der Waals surface area contributed by atoms with E-state index in [1.807, 2.05) is 0 Å². The molecule has 0 amide bonds. The van der Waals surface area contributed by atoms with Gasteiger partial charge in [-0.05, 0) is 6.42 Å². The fraction of sp³-hybridized carbons (Fsp3) is 0.857. The van der Waals surface area contributed by atoms with Crippen LogP contribution in [-0.4, -0.2) is 50.4 Å². The van der Waals surface area contributed by atoms with Crippen LogP contribution in [0, 0.1) is 0 Å². The van der Waals surface area contributed by atoms with E-state index >= 15 is 0 Å².